The Kier molecular flexibility index (Phi) is 13.1. The van der Waals surface area contributed by atoms with Gasteiger partial charge in [0.15, 0.2) is 11.6 Å². The van der Waals surface area contributed by atoms with Crippen molar-refractivity contribution in [1.29, 1.82) is 0 Å². The number of aliphatic carboxylic acids is 1. The molecule has 5 heterocycles. The summed E-state index contributed by atoms with van der Waals surface area (Å²) in [5.74, 6) is -5.18. The second-order valence-electron chi connectivity index (χ2n) is 17.3. The molecule has 2 spiro atoms. The summed E-state index contributed by atoms with van der Waals surface area (Å²) < 4.78 is 33.4. The molecule has 52 heavy (non-hydrogen) atoms. The minimum atomic E-state index is -1.14. The molecule has 5 aliphatic rings. The number of rotatable bonds is 12. The summed E-state index contributed by atoms with van der Waals surface area (Å²) in [4.78, 5) is 26.3. The van der Waals surface area contributed by atoms with Crippen molar-refractivity contribution in [2.24, 2.45) is 47.2 Å². The summed E-state index contributed by atoms with van der Waals surface area (Å²) in [6.07, 6.45) is 7.41. The average molecular weight is 736 g/mol. The van der Waals surface area contributed by atoms with Crippen molar-refractivity contribution in [3.63, 3.8) is 0 Å². The maximum atomic E-state index is 14.4. The summed E-state index contributed by atoms with van der Waals surface area (Å²) in [5.41, 5.74) is 5.88. The Hall–Kier alpha value is -1.44. The topological polar surface area (TPSA) is 167 Å². The number of Topliss-reactive ketones (excluding diaryl/α,β-unsaturated/α-hetero) is 1. The number of carboxylic acids is 1. The van der Waals surface area contributed by atoms with Crippen LogP contribution in [0.2, 0.25) is 0 Å². The summed E-state index contributed by atoms with van der Waals surface area (Å²) >= 11 is 0. The van der Waals surface area contributed by atoms with Crippen LogP contribution in [0, 0.1) is 41.4 Å². The van der Waals surface area contributed by atoms with Gasteiger partial charge in [0.2, 0.25) is 0 Å². The first-order chi connectivity index (χ1) is 24.5. The minimum Gasteiger partial charge on any atom is -0.481 e. The zero-order valence-corrected chi connectivity index (χ0v) is 33.2. The van der Waals surface area contributed by atoms with Gasteiger partial charge in [-0.25, -0.2) is 0 Å². The average Bonchev–Trinajstić information content (AvgIpc) is 3.54. The standard InChI is InChI=1S/C41H69NO10/c1-10-28(38(45)46)30-14-13-22(4)36(49-30)26(8)34(43)25(7)35(44)29(11-2)37-23(5)21-24(6)40(51-37)20-17-33(42)41(52-40)19-16-32(50-41)31-15-18-39(47,12-3)27(9)48-31/h17,20,22-34,36-37,43,47H,10-16,18-19,21,42H2,1-9H3,(H,45,46)/t22-,23-,24+,25-,26-,27-,28?,29-,30+,31+,32?,33-,34+,36+,37?,39+,40-,41-/m0/s1. The van der Waals surface area contributed by atoms with Crippen LogP contribution in [-0.2, 0) is 33.3 Å². The highest BCUT2D eigenvalue weighted by molar-refractivity contribution is 5.84. The summed E-state index contributed by atoms with van der Waals surface area (Å²) in [6.45, 7) is 17.8. The third-order valence-corrected chi connectivity index (χ3v) is 14.0. The van der Waals surface area contributed by atoms with Gasteiger partial charge < -0.3 is 44.7 Å². The lowest BCUT2D eigenvalue weighted by molar-refractivity contribution is -0.388. The Morgan fingerprint density at radius 1 is 0.885 bits per heavy atom. The van der Waals surface area contributed by atoms with Gasteiger partial charge in [-0.05, 0) is 82.6 Å². The summed E-state index contributed by atoms with van der Waals surface area (Å²) in [5, 5.41) is 32.5. The van der Waals surface area contributed by atoms with Crippen LogP contribution in [0.1, 0.15) is 127 Å². The second-order valence-corrected chi connectivity index (χ2v) is 17.3. The molecule has 0 aromatic heterocycles. The highest BCUT2D eigenvalue weighted by Crippen LogP contribution is 2.51. The van der Waals surface area contributed by atoms with Crippen LogP contribution in [0.4, 0.5) is 0 Å². The largest absolute Gasteiger partial charge is 0.481 e. The molecule has 4 fully saturated rings. The third kappa shape index (κ3) is 7.81. The number of ketones is 1. The van der Waals surface area contributed by atoms with E-state index in [9.17, 15) is 24.9 Å². The molecule has 298 valence electrons. The van der Waals surface area contributed by atoms with Crippen molar-refractivity contribution in [2.75, 3.05) is 0 Å². The maximum absolute atomic E-state index is 14.4. The van der Waals surface area contributed by atoms with Gasteiger partial charge in [-0.3, -0.25) is 9.59 Å². The van der Waals surface area contributed by atoms with E-state index in [0.717, 1.165) is 12.8 Å². The van der Waals surface area contributed by atoms with Crippen LogP contribution in [0.15, 0.2) is 12.2 Å². The number of hydrogen-bond acceptors (Lipinski definition) is 10. The fraction of sp³-hybridized carbons (Fsp3) is 0.902. The van der Waals surface area contributed by atoms with E-state index in [0.29, 0.717) is 51.4 Å². The minimum absolute atomic E-state index is 0.0428. The van der Waals surface area contributed by atoms with E-state index in [4.69, 9.17) is 29.4 Å². The van der Waals surface area contributed by atoms with Crippen LogP contribution in [0.5, 0.6) is 0 Å². The van der Waals surface area contributed by atoms with E-state index in [1.54, 1.807) is 6.92 Å². The first-order valence-electron chi connectivity index (χ1n) is 20.4. The van der Waals surface area contributed by atoms with Crippen molar-refractivity contribution in [1.82, 2.24) is 0 Å². The molecule has 0 amide bonds. The predicted molar refractivity (Wildman–Crippen MR) is 196 cm³/mol. The molecular formula is C41H69NO10. The van der Waals surface area contributed by atoms with E-state index in [2.05, 4.69) is 20.8 Å². The number of carboxylic acid groups (broad SMARTS) is 1. The second kappa shape index (κ2) is 16.3. The molecule has 3 unspecified atom stereocenters. The smallest absolute Gasteiger partial charge is 0.309 e. The fourth-order valence-electron chi connectivity index (χ4n) is 10.2. The Morgan fingerprint density at radius 3 is 2.17 bits per heavy atom. The molecule has 0 aromatic carbocycles. The third-order valence-electron chi connectivity index (χ3n) is 14.0. The fourth-order valence-corrected chi connectivity index (χ4v) is 10.2. The molecule has 0 bridgehead atoms. The van der Waals surface area contributed by atoms with Gasteiger partial charge in [-0.2, -0.15) is 0 Å². The number of nitrogens with two attached hydrogens (primary N) is 1. The van der Waals surface area contributed by atoms with Gasteiger partial charge in [0.05, 0.1) is 60.3 Å². The van der Waals surface area contributed by atoms with Gasteiger partial charge in [-0.15, -0.1) is 0 Å². The van der Waals surface area contributed by atoms with Crippen LogP contribution < -0.4 is 5.73 Å². The lowest BCUT2D eigenvalue weighted by Crippen LogP contribution is -2.63. The number of carbonyl (C=O) groups excluding carboxylic acids is 1. The van der Waals surface area contributed by atoms with Crippen molar-refractivity contribution >= 4 is 11.8 Å². The Balaban J connectivity index is 1.29. The molecule has 11 heteroatoms. The normalized spacial score (nSPS) is 45.4. The predicted octanol–water partition coefficient (Wildman–Crippen LogP) is 5.76. The van der Waals surface area contributed by atoms with Crippen molar-refractivity contribution in [3.05, 3.63) is 12.2 Å². The molecule has 4 saturated heterocycles. The molecule has 0 saturated carbocycles. The Morgan fingerprint density at radius 2 is 1.56 bits per heavy atom. The lowest BCUT2D eigenvalue weighted by Gasteiger charge is -2.54. The van der Waals surface area contributed by atoms with Gasteiger partial charge >= 0.3 is 5.97 Å². The van der Waals surface area contributed by atoms with Crippen LogP contribution in [0.25, 0.3) is 0 Å². The van der Waals surface area contributed by atoms with E-state index in [-0.39, 0.29) is 53.9 Å². The first kappa shape index (κ1) is 41.7. The van der Waals surface area contributed by atoms with E-state index >= 15 is 0 Å². The highest BCUT2D eigenvalue weighted by Gasteiger charge is 2.60. The number of ether oxygens (including phenoxy) is 5. The zero-order chi connectivity index (χ0) is 38.3. The molecule has 5 rings (SSSR count). The van der Waals surface area contributed by atoms with Crippen molar-refractivity contribution < 1.29 is 48.6 Å². The summed E-state index contributed by atoms with van der Waals surface area (Å²) in [7, 11) is 0. The maximum Gasteiger partial charge on any atom is 0.309 e. The van der Waals surface area contributed by atoms with Gasteiger partial charge in [-0.1, -0.05) is 61.5 Å². The van der Waals surface area contributed by atoms with Crippen LogP contribution in [0.3, 0.4) is 0 Å². The number of aliphatic hydroxyl groups is 2. The molecule has 18 atom stereocenters. The lowest BCUT2D eigenvalue weighted by atomic mass is 9.72. The molecule has 11 nitrogen and oxygen atoms in total. The molecule has 5 aliphatic heterocycles. The summed E-state index contributed by atoms with van der Waals surface area (Å²) in [6, 6.07) is -0.516. The molecule has 0 aliphatic carbocycles. The number of hydrogen-bond donors (Lipinski definition) is 4. The quantitative estimate of drug-likeness (QED) is 0.180. The SMILES string of the molecule is CCC(C(=O)O)[C@H]1CC[C@H](C)[C@H]([C@@H](C)[C@H](O)[C@H](C)C(=O)[C@H](CC)C2O[C@]3(C=C[C@H](N)[C@]4(CCC([C@H]5CC[C@](O)(CC)[C@H](C)O5)O4)O3)[C@H](C)C[C@@H]2C)O1. The molecule has 0 radical (unpaired) electrons. The monoisotopic (exact) mass is 735 g/mol. The number of carbonyl (C=O) groups is 2. The number of aliphatic hydroxyl groups excluding tert-OH is 1. The highest BCUT2D eigenvalue weighted by atomic mass is 16.8. The van der Waals surface area contributed by atoms with E-state index in [1.165, 1.54) is 0 Å². The zero-order valence-electron chi connectivity index (χ0n) is 33.2. The van der Waals surface area contributed by atoms with Crippen molar-refractivity contribution in [3.8, 4) is 0 Å². The first-order valence-corrected chi connectivity index (χ1v) is 20.4. The van der Waals surface area contributed by atoms with Gasteiger partial charge in [0.1, 0.15) is 5.78 Å². The van der Waals surface area contributed by atoms with E-state index in [1.807, 2.05) is 46.8 Å². The molecular weight excluding hydrogens is 666 g/mol. The van der Waals surface area contributed by atoms with Crippen molar-refractivity contribution in [2.45, 2.75) is 192 Å². The Labute approximate surface area is 311 Å². The molecule has 0 aromatic rings. The van der Waals surface area contributed by atoms with Gasteiger partial charge in [0.25, 0.3) is 0 Å². The van der Waals surface area contributed by atoms with Gasteiger partial charge in [0, 0.05) is 30.1 Å². The molecule has 5 N–H and O–H groups in total. The van der Waals surface area contributed by atoms with Crippen LogP contribution in [-0.4, -0.2) is 93.0 Å². The van der Waals surface area contributed by atoms with Crippen LogP contribution >= 0.6 is 0 Å². The van der Waals surface area contributed by atoms with E-state index < -0.39 is 65.3 Å². The Bertz CT molecular complexity index is 1280.